The van der Waals surface area contributed by atoms with Crippen LogP contribution in [0.4, 0.5) is 0 Å². The van der Waals surface area contributed by atoms with E-state index in [1.54, 1.807) is 16.4 Å². The second-order valence-electron chi connectivity index (χ2n) is 8.87. The summed E-state index contributed by atoms with van der Waals surface area (Å²) in [6.07, 6.45) is 5.64. The first-order valence-corrected chi connectivity index (χ1v) is 11.6. The predicted molar refractivity (Wildman–Crippen MR) is 117 cm³/mol. The molecule has 1 heterocycles. The van der Waals surface area contributed by atoms with Crippen molar-refractivity contribution in [1.82, 2.24) is 4.31 Å². The van der Waals surface area contributed by atoms with Crippen molar-refractivity contribution < 1.29 is 13.2 Å². The number of hydrogen-bond acceptors (Lipinski definition) is 3. The Hall–Kier alpha value is -2.11. The van der Waals surface area contributed by atoms with E-state index in [0.29, 0.717) is 17.9 Å². The first kappa shape index (κ1) is 21.6. The van der Waals surface area contributed by atoms with Gasteiger partial charge in [-0.15, -0.1) is 0 Å². The van der Waals surface area contributed by atoms with Crippen LogP contribution in [-0.4, -0.2) is 25.4 Å². The molecule has 5 heteroatoms. The van der Waals surface area contributed by atoms with Crippen LogP contribution in [0, 0.1) is 12.3 Å². The fraction of sp³-hybridized carbons (Fsp3) is 0.417. The largest absolute Gasteiger partial charge is 0.493 e. The van der Waals surface area contributed by atoms with Crippen LogP contribution < -0.4 is 4.74 Å². The maximum Gasteiger partial charge on any atom is 0.243 e. The van der Waals surface area contributed by atoms with Crippen LogP contribution in [0.15, 0.2) is 65.6 Å². The highest BCUT2D eigenvalue weighted by Crippen LogP contribution is 2.30. The van der Waals surface area contributed by atoms with Crippen molar-refractivity contribution in [3.05, 3.63) is 71.8 Å². The van der Waals surface area contributed by atoms with Gasteiger partial charge >= 0.3 is 0 Å². The number of nitrogens with zero attached hydrogens (tertiary/aromatic N) is 1. The standard InChI is InChI=1S/C24H31NO3S/c1-19-11-13-22(14-12-19)29(26,27)25-18-20-8-5-6-10-23(20)28-17-15-21(25)9-7-16-24(2,3)4/h5-14,21H,15-18H2,1-4H3/b9-7+. The molecule has 2 aromatic rings. The Kier molecular flexibility index (Phi) is 6.49. The smallest absolute Gasteiger partial charge is 0.243 e. The van der Waals surface area contributed by atoms with Crippen LogP contribution in [0.5, 0.6) is 5.75 Å². The summed E-state index contributed by atoms with van der Waals surface area (Å²) in [5, 5.41) is 0. The molecule has 0 aromatic heterocycles. The molecule has 1 aliphatic heterocycles. The Morgan fingerprint density at radius 3 is 2.48 bits per heavy atom. The minimum absolute atomic E-state index is 0.155. The molecule has 0 N–H and O–H groups in total. The number of aryl methyl sites for hydroxylation is 1. The average molecular weight is 414 g/mol. The Morgan fingerprint density at radius 1 is 1.10 bits per heavy atom. The SMILES string of the molecule is Cc1ccc(S(=O)(=O)N2Cc3ccccc3OCCC2/C=C/CC(C)(C)C)cc1. The van der Waals surface area contributed by atoms with E-state index in [9.17, 15) is 8.42 Å². The van der Waals surface area contributed by atoms with Crippen molar-refractivity contribution in [2.24, 2.45) is 5.41 Å². The van der Waals surface area contributed by atoms with Crippen molar-refractivity contribution in [2.75, 3.05) is 6.61 Å². The van der Waals surface area contributed by atoms with Gasteiger partial charge in [0.15, 0.2) is 0 Å². The molecule has 0 radical (unpaired) electrons. The lowest BCUT2D eigenvalue weighted by Gasteiger charge is -2.32. The van der Waals surface area contributed by atoms with E-state index in [4.69, 9.17) is 4.74 Å². The van der Waals surface area contributed by atoms with E-state index in [1.165, 1.54) is 0 Å². The molecule has 0 bridgehead atoms. The normalized spacial score (nSPS) is 18.7. The third-order valence-electron chi connectivity index (χ3n) is 5.06. The van der Waals surface area contributed by atoms with Crippen LogP contribution in [-0.2, 0) is 16.6 Å². The number of ether oxygens (including phenoxy) is 1. The monoisotopic (exact) mass is 413 g/mol. The zero-order valence-electron chi connectivity index (χ0n) is 17.8. The highest BCUT2D eigenvalue weighted by molar-refractivity contribution is 7.89. The number of para-hydroxylation sites is 1. The summed E-state index contributed by atoms with van der Waals surface area (Å²) >= 11 is 0. The van der Waals surface area contributed by atoms with Crippen molar-refractivity contribution in [3.63, 3.8) is 0 Å². The van der Waals surface area contributed by atoms with Crippen molar-refractivity contribution in [1.29, 1.82) is 0 Å². The number of sulfonamides is 1. The Balaban J connectivity index is 2.00. The Bertz CT molecular complexity index is 956. The molecule has 156 valence electrons. The van der Waals surface area contributed by atoms with Gasteiger partial charge in [-0.1, -0.05) is 68.8 Å². The maximum absolute atomic E-state index is 13.6. The number of rotatable bonds is 4. The van der Waals surface area contributed by atoms with Crippen molar-refractivity contribution in [3.8, 4) is 5.75 Å². The van der Waals surface area contributed by atoms with E-state index in [2.05, 4.69) is 26.8 Å². The van der Waals surface area contributed by atoms with Crippen LogP contribution in [0.3, 0.4) is 0 Å². The third kappa shape index (κ3) is 5.49. The quantitative estimate of drug-likeness (QED) is 0.637. The van der Waals surface area contributed by atoms with Gasteiger partial charge in [-0.3, -0.25) is 0 Å². The maximum atomic E-state index is 13.6. The van der Waals surface area contributed by atoms with Crippen molar-refractivity contribution in [2.45, 2.75) is 58.0 Å². The van der Waals surface area contributed by atoms with Gasteiger partial charge in [0.1, 0.15) is 5.75 Å². The van der Waals surface area contributed by atoms with Crippen LogP contribution in [0.25, 0.3) is 0 Å². The molecule has 1 unspecified atom stereocenters. The van der Waals surface area contributed by atoms with Gasteiger partial charge < -0.3 is 4.74 Å². The molecule has 0 saturated heterocycles. The van der Waals surface area contributed by atoms with Gasteiger partial charge in [0.2, 0.25) is 10.0 Å². The highest BCUT2D eigenvalue weighted by Gasteiger charge is 2.32. The van der Waals surface area contributed by atoms with Crippen molar-refractivity contribution >= 4 is 10.0 Å². The zero-order valence-corrected chi connectivity index (χ0v) is 18.6. The fourth-order valence-corrected chi connectivity index (χ4v) is 4.97. The molecular formula is C24H31NO3S. The van der Waals surface area contributed by atoms with Crippen LogP contribution in [0.1, 0.15) is 44.7 Å². The molecule has 3 rings (SSSR count). The molecule has 1 aliphatic rings. The lowest BCUT2D eigenvalue weighted by molar-refractivity contribution is 0.236. The zero-order chi connectivity index (χ0) is 21.1. The molecule has 0 spiro atoms. The summed E-state index contributed by atoms with van der Waals surface area (Å²) in [4.78, 5) is 0.330. The Morgan fingerprint density at radius 2 is 1.79 bits per heavy atom. The summed E-state index contributed by atoms with van der Waals surface area (Å²) in [5.74, 6) is 0.758. The molecule has 2 aromatic carbocycles. The van der Waals surface area contributed by atoms with Gasteiger partial charge in [0, 0.05) is 24.6 Å². The fourth-order valence-electron chi connectivity index (χ4n) is 3.37. The molecule has 4 nitrogen and oxygen atoms in total. The summed E-state index contributed by atoms with van der Waals surface area (Å²) < 4.78 is 34.7. The number of benzene rings is 2. The van der Waals surface area contributed by atoms with E-state index >= 15 is 0 Å². The molecule has 0 amide bonds. The van der Waals surface area contributed by atoms with E-state index in [0.717, 1.165) is 23.3 Å². The molecule has 0 aliphatic carbocycles. The minimum Gasteiger partial charge on any atom is -0.493 e. The first-order chi connectivity index (χ1) is 13.7. The number of fused-ring (bicyclic) bond motifs is 1. The molecule has 0 saturated carbocycles. The van der Waals surface area contributed by atoms with Gasteiger partial charge in [-0.05, 0) is 37.0 Å². The third-order valence-corrected chi connectivity index (χ3v) is 6.94. The van der Waals surface area contributed by atoms with Gasteiger partial charge in [0.25, 0.3) is 0 Å². The summed E-state index contributed by atoms with van der Waals surface area (Å²) in [7, 11) is -3.65. The second-order valence-corrected chi connectivity index (χ2v) is 10.8. The Labute approximate surface area is 175 Å². The number of hydrogen-bond donors (Lipinski definition) is 0. The molecular weight excluding hydrogens is 382 g/mol. The highest BCUT2D eigenvalue weighted by atomic mass is 32.2. The number of allylic oxidation sites excluding steroid dienone is 1. The lowest BCUT2D eigenvalue weighted by atomic mass is 9.92. The lowest BCUT2D eigenvalue weighted by Crippen LogP contribution is -2.40. The van der Waals surface area contributed by atoms with E-state index in [1.807, 2.05) is 49.4 Å². The van der Waals surface area contributed by atoms with E-state index in [-0.39, 0.29) is 18.0 Å². The van der Waals surface area contributed by atoms with Crippen LogP contribution in [0.2, 0.25) is 0 Å². The van der Waals surface area contributed by atoms with E-state index < -0.39 is 10.0 Å². The molecule has 0 fully saturated rings. The molecule has 29 heavy (non-hydrogen) atoms. The predicted octanol–water partition coefficient (Wildman–Crippen LogP) is 5.33. The van der Waals surface area contributed by atoms with Gasteiger partial charge in [-0.2, -0.15) is 4.31 Å². The van der Waals surface area contributed by atoms with Crippen LogP contribution >= 0.6 is 0 Å². The summed E-state index contributed by atoms with van der Waals surface area (Å²) in [6.45, 7) is 9.25. The summed E-state index contributed by atoms with van der Waals surface area (Å²) in [6, 6.07) is 14.5. The topological polar surface area (TPSA) is 46.6 Å². The molecule has 1 atom stereocenters. The minimum atomic E-state index is -3.65. The van der Waals surface area contributed by atoms with Gasteiger partial charge in [0.05, 0.1) is 11.5 Å². The summed E-state index contributed by atoms with van der Waals surface area (Å²) in [5.41, 5.74) is 2.08. The van der Waals surface area contributed by atoms with Gasteiger partial charge in [-0.25, -0.2) is 8.42 Å². The average Bonchev–Trinajstić information content (AvgIpc) is 2.63. The second kappa shape index (κ2) is 8.72. The first-order valence-electron chi connectivity index (χ1n) is 10.1.